The number of alkyl halides is 2. The fraction of sp³-hybridized carbons (Fsp3) is 0.0909. The Morgan fingerprint density at radius 1 is 1.24 bits per heavy atom. The SMILES string of the molecule is FC(F)Sc1ccc(-c2ncc[nH]c2=S)cc1. The molecule has 1 N–H and O–H groups in total. The van der Waals surface area contributed by atoms with E-state index in [1.165, 1.54) is 0 Å². The Morgan fingerprint density at radius 2 is 1.94 bits per heavy atom. The third-order valence-electron chi connectivity index (χ3n) is 2.06. The average molecular weight is 270 g/mol. The number of hydrogen-bond acceptors (Lipinski definition) is 3. The molecular formula is C11H8F2N2S2. The molecule has 1 heterocycles. The summed E-state index contributed by atoms with van der Waals surface area (Å²) in [5.41, 5.74) is 1.46. The van der Waals surface area contributed by atoms with Gasteiger partial charge in [-0.3, -0.25) is 4.98 Å². The summed E-state index contributed by atoms with van der Waals surface area (Å²) in [5.74, 6) is -2.40. The minimum atomic E-state index is -2.40. The van der Waals surface area contributed by atoms with Crippen LogP contribution in [0, 0.1) is 4.64 Å². The summed E-state index contributed by atoms with van der Waals surface area (Å²) in [6.45, 7) is 0. The van der Waals surface area contributed by atoms with Gasteiger partial charge in [0.25, 0.3) is 5.76 Å². The highest BCUT2D eigenvalue weighted by atomic mass is 32.2. The van der Waals surface area contributed by atoms with Crippen molar-refractivity contribution in [3.8, 4) is 11.3 Å². The summed E-state index contributed by atoms with van der Waals surface area (Å²) < 4.78 is 24.8. The second-order valence-electron chi connectivity index (χ2n) is 3.17. The number of nitrogens with one attached hydrogen (secondary N) is 1. The molecule has 1 aromatic carbocycles. The first-order chi connectivity index (χ1) is 8.16. The van der Waals surface area contributed by atoms with Crippen molar-refractivity contribution < 1.29 is 8.78 Å². The predicted octanol–water partition coefficient (Wildman–Crippen LogP) is 4.12. The summed E-state index contributed by atoms with van der Waals surface area (Å²) in [6, 6.07) is 6.73. The molecule has 0 aliphatic heterocycles. The van der Waals surface area contributed by atoms with Crippen molar-refractivity contribution in [2.75, 3.05) is 0 Å². The van der Waals surface area contributed by atoms with Gasteiger partial charge in [0.1, 0.15) is 10.3 Å². The average Bonchev–Trinajstić information content (AvgIpc) is 2.30. The fourth-order valence-electron chi connectivity index (χ4n) is 1.35. The van der Waals surface area contributed by atoms with E-state index < -0.39 is 5.76 Å². The molecule has 1 aromatic heterocycles. The normalized spacial score (nSPS) is 10.8. The third-order valence-corrected chi connectivity index (χ3v) is 3.09. The van der Waals surface area contributed by atoms with Crippen LogP contribution in [0.1, 0.15) is 0 Å². The number of nitrogens with zero attached hydrogens (tertiary/aromatic N) is 1. The maximum atomic E-state index is 12.1. The van der Waals surface area contributed by atoms with Crippen LogP contribution in [0.5, 0.6) is 0 Å². The molecule has 0 bridgehead atoms. The van der Waals surface area contributed by atoms with Crippen molar-refractivity contribution in [2.24, 2.45) is 0 Å². The van der Waals surface area contributed by atoms with Crippen LogP contribution in [0.4, 0.5) is 8.78 Å². The largest absolute Gasteiger partial charge is 0.350 e. The Hall–Kier alpha value is -1.27. The van der Waals surface area contributed by atoms with Gasteiger partial charge in [0.05, 0.1) is 0 Å². The van der Waals surface area contributed by atoms with Crippen molar-refractivity contribution >= 4 is 24.0 Å². The fourth-order valence-corrected chi connectivity index (χ4v) is 2.09. The van der Waals surface area contributed by atoms with Gasteiger partial charge in [0.15, 0.2) is 0 Å². The van der Waals surface area contributed by atoms with Crippen LogP contribution in [0.2, 0.25) is 0 Å². The number of aromatic amines is 1. The first kappa shape index (κ1) is 12.2. The molecule has 0 aliphatic rings. The first-order valence-electron chi connectivity index (χ1n) is 4.76. The summed E-state index contributed by atoms with van der Waals surface area (Å²) in [5, 5.41) is 0. The zero-order valence-corrected chi connectivity index (χ0v) is 10.2. The highest BCUT2D eigenvalue weighted by Gasteiger charge is 2.06. The molecule has 88 valence electrons. The Bertz CT molecular complexity index is 552. The quantitative estimate of drug-likeness (QED) is 0.672. The number of rotatable bonds is 3. The minimum absolute atomic E-state index is 0.519. The van der Waals surface area contributed by atoms with Gasteiger partial charge in [-0.25, -0.2) is 0 Å². The number of aromatic nitrogens is 2. The van der Waals surface area contributed by atoms with Gasteiger partial charge in [-0.05, 0) is 12.1 Å². The molecule has 2 aromatic rings. The topological polar surface area (TPSA) is 28.7 Å². The summed E-state index contributed by atoms with van der Waals surface area (Å²) in [4.78, 5) is 7.54. The Kier molecular flexibility index (Phi) is 3.86. The molecular weight excluding hydrogens is 262 g/mol. The van der Waals surface area contributed by atoms with Gasteiger partial charge in [-0.15, -0.1) is 0 Å². The molecule has 0 radical (unpaired) electrons. The smallest absolute Gasteiger partial charge is 0.288 e. The lowest BCUT2D eigenvalue weighted by molar-refractivity contribution is 0.252. The maximum absolute atomic E-state index is 12.1. The molecule has 0 spiro atoms. The molecule has 0 unspecified atom stereocenters. The molecule has 0 amide bonds. The van der Waals surface area contributed by atoms with Crippen LogP contribution in [-0.4, -0.2) is 15.7 Å². The van der Waals surface area contributed by atoms with Crippen molar-refractivity contribution in [3.05, 3.63) is 41.3 Å². The molecule has 0 fully saturated rings. The van der Waals surface area contributed by atoms with E-state index in [0.29, 0.717) is 27.0 Å². The van der Waals surface area contributed by atoms with Gasteiger partial charge in [0, 0.05) is 22.9 Å². The Labute approximate surface area is 106 Å². The van der Waals surface area contributed by atoms with Gasteiger partial charge >= 0.3 is 0 Å². The monoisotopic (exact) mass is 270 g/mol. The van der Waals surface area contributed by atoms with Gasteiger partial charge in [-0.2, -0.15) is 8.78 Å². The predicted molar refractivity (Wildman–Crippen MR) is 66.7 cm³/mol. The Morgan fingerprint density at radius 3 is 2.53 bits per heavy atom. The molecule has 0 atom stereocenters. The number of hydrogen-bond donors (Lipinski definition) is 1. The number of thioether (sulfide) groups is 1. The standard InChI is InChI=1S/C11H8F2N2S2/c12-11(13)17-8-3-1-7(2-4-8)9-10(16)15-6-5-14-9/h1-6,11H,(H,15,16). The van der Waals surface area contributed by atoms with Crippen molar-refractivity contribution in [1.29, 1.82) is 0 Å². The van der Waals surface area contributed by atoms with Crippen LogP contribution in [0.15, 0.2) is 41.6 Å². The van der Waals surface area contributed by atoms with Crippen molar-refractivity contribution in [1.82, 2.24) is 9.97 Å². The molecule has 0 aliphatic carbocycles. The lowest BCUT2D eigenvalue weighted by atomic mass is 10.2. The van der Waals surface area contributed by atoms with E-state index >= 15 is 0 Å². The van der Waals surface area contributed by atoms with Gasteiger partial charge in [-0.1, -0.05) is 36.1 Å². The number of halogens is 2. The van der Waals surface area contributed by atoms with E-state index in [2.05, 4.69) is 9.97 Å². The lowest BCUT2D eigenvalue weighted by Gasteiger charge is -2.03. The van der Waals surface area contributed by atoms with Crippen LogP contribution < -0.4 is 0 Å². The summed E-state index contributed by atoms with van der Waals surface area (Å²) in [6.07, 6.45) is 3.25. The zero-order valence-electron chi connectivity index (χ0n) is 8.56. The third kappa shape index (κ3) is 3.10. The van der Waals surface area contributed by atoms with E-state index in [9.17, 15) is 8.78 Å². The number of benzene rings is 1. The Balaban J connectivity index is 2.30. The zero-order chi connectivity index (χ0) is 12.3. The first-order valence-corrected chi connectivity index (χ1v) is 6.04. The van der Waals surface area contributed by atoms with E-state index in [1.54, 1.807) is 36.7 Å². The van der Waals surface area contributed by atoms with E-state index in [1.807, 2.05) is 0 Å². The number of H-pyrrole nitrogens is 1. The van der Waals surface area contributed by atoms with Crippen LogP contribution in [-0.2, 0) is 0 Å². The van der Waals surface area contributed by atoms with E-state index in [4.69, 9.17) is 12.2 Å². The second-order valence-corrected chi connectivity index (χ2v) is 4.64. The molecule has 2 nitrogen and oxygen atoms in total. The van der Waals surface area contributed by atoms with E-state index in [0.717, 1.165) is 5.56 Å². The van der Waals surface area contributed by atoms with Gasteiger partial charge < -0.3 is 4.98 Å². The van der Waals surface area contributed by atoms with Crippen LogP contribution >= 0.6 is 24.0 Å². The maximum Gasteiger partial charge on any atom is 0.288 e. The van der Waals surface area contributed by atoms with Crippen LogP contribution in [0.25, 0.3) is 11.3 Å². The summed E-state index contributed by atoms with van der Waals surface area (Å²) in [7, 11) is 0. The highest BCUT2D eigenvalue weighted by molar-refractivity contribution is 7.99. The van der Waals surface area contributed by atoms with Crippen LogP contribution in [0.3, 0.4) is 0 Å². The minimum Gasteiger partial charge on any atom is -0.350 e. The van der Waals surface area contributed by atoms with Gasteiger partial charge in [0.2, 0.25) is 0 Å². The summed E-state index contributed by atoms with van der Waals surface area (Å²) >= 11 is 5.61. The molecule has 17 heavy (non-hydrogen) atoms. The van der Waals surface area contributed by atoms with E-state index in [-0.39, 0.29) is 0 Å². The molecule has 0 saturated heterocycles. The molecule has 0 saturated carbocycles. The molecule has 6 heteroatoms. The second kappa shape index (κ2) is 5.37. The van der Waals surface area contributed by atoms with Crippen molar-refractivity contribution in [3.63, 3.8) is 0 Å². The lowest BCUT2D eigenvalue weighted by Crippen LogP contribution is -1.87. The van der Waals surface area contributed by atoms with Crippen molar-refractivity contribution in [2.45, 2.75) is 10.7 Å². The molecule has 2 rings (SSSR count). The highest BCUT2D eigenvalue weighted by Crippen LogP contribution is 2.27.